The van der Waals surface area contributed by atoms with Gasteiger partial charge in [0.1, 0.15) is 5.82 Å². The van der Waals surface area contributed by atoms with Crippen molar-refractivity contribution in [1.29, 1.82) is 0 Å². The Balaban J connectivity index is 2.46. The quantitative estimate of drug-likeness (QED) is 0.876. The summed E-state index contributed by atoms with van der Waals surface area (Å²) in [5, 5.41) is 3.15. The second kappa shape index (κ2) is 4.82. The summed E-state index contributed by atoms with van der Waals surface area (Å²) >= 11 is 2.12. The van der Waals surface area contributed by atoms with Crippen molar-refractivity contribution in [2.24, 2.45) is 0 Å². The van der Waals surface area contributed by atoms with Crippen LogP contribution in [0.2, 0.25) is 0 Å². The van der Waals surface area contributed by atoms with Gasteiger partial charge in [0, 0.05) is 22.5 Å². The maximum Gasteiger partial charge on any atom is 0.207 e. The molecule has 1 aromatic carbocycles. The average Bonchev–Trinajstić information content (AvgIpc) is 2.67. The van der Waals surface area contributed by atoms with Crippen molar-refractivity contribution in [3.63, 3.8) is 0 Å². The maximum absolute atomic E-state index is 13.0. The molecule has 0 spiro atoms. The normalized spacial score (nSPS) is 10.4. The van der Waals surface area contributed by atoms with Gasteiger partial charge in [-0.05, 0) is 47.7 Å². The van der Waals surface area contributed by atoms with Gasteiger partial charge in [-0.1, -0.05) is 0 Å². The van der Waals surface area contributed by atoms with Gasteiger partial charge < -0.3 is 5.32 Å². The predicted molar refractivity (Wildman–Crippen MR) is 70.4 cm³/mol. The number of hydrogen-bond donors (Lipinski definition) is 1. The first-order chi connectivity index (χ1) is 7.72. The fourth-order valence-electron chi connectivity index (χ4n) is 1.46. The topological polar surface area (TPSA) is 29.9 Å². The Morgan fingerprint density at radius 3 is 3.00 bits per heavy atom. The van der Waals surface area contributed by atoms with Crippen molar-refractivity contribution < 1.29 is 4.39 Å². The van der Waals surface area contributed by atoms with Crippen LogP contribution in [0.1, 0.15) is 6.92 Å². The van der Waals surface area contributed by atoms with Gasteiger partial charge in [0.2, 0.25) is 5.95 Å². The minimum atomic E-state index is -0.224. The van der Waals surface area contributed by atoms with E-state index in [-0.39, 0.29) is 5.82 Å². The van der Waals surface area contributed by atoms with Crippen LogP contribution < -0.4 is 5.32 Å². The fraction of sp³-hybridized carbons (Fsp3) is 0.182. The van der Waals surface area contributed by atoms with Gasteiger partial charge in [0.25, 0.3) is 0 Å². The highest BCUT2D eigenvalue weighted by atomic mass is 127. The number of halogens is 2. The lowest BCUT2D eigenvalue weighted by molar-refractivity contribution is 0.626. The summed E-state index contributed by atoms with van der Waals surface area (Å²) in [5.74, 6) is 0.547. The second-order valence-corrected chi connectivity index (χ2v) is 4.41. The Hall–Kier alpha value is -1.11. The lowest BCUT2D eigenvalue weighted by atomic mass is 10.3. The molecule has 2 aromatic rings. The molecule has 3 nitrogen and oxygen atoms in total. The molecular weight excluding hydrogens is 320 g/mol. The van der Waals surface area contributed by atoms with E-state index in [1.165, 1.54) is 12.1 Å². The number of imidazole rings is 1. The minimum Gasteiger partial charge on any atom is -0.356 e. The molecule has 0 radical (unpaired) electrons. The van der Waals surface area contributed by atoms with Crippen LogP contribution in [0.25, 0.3) is 5.69 Å². The van der Waals surface area contributed by atoms with Crippen LogP contribution in [0.5, 0.6) is 0 Å². The number of nitrogens with one attached hydrogen (secondary N) is 1. The molecule has 0 bridgehead atoms. The van der Waals surface area contributed by atoms with Crippen LogP contribution in [0.3, 0.4) is 0 Å². The number of nitrogens with zero attached hydrogens (tertiary/aromatic N) is 2. The third-order valence-electron chi connectivity index (χ3n) is 2.14. The molecule has 0 fully saturated rings. The molecule has 1 aromatic heterocycles. The van der Waals surface area contributed by atoms with Crippen LogP contribution in [-0.4, -0.2) is 16.1 Å². The first-order valence-corrected chi connectivity index (χ1v) is 6.03. The highest BCUT2D eigenvalue weighted by molar-refractivity contribution is 14.1. The van der Waals surface area contributed by atoms with Crippen molar-refractivity contribution >= 4 is 28.5 Å². The smallest absolute Gasteiger partial charge is 0.207 e. The number of benzene rings is 1. The molecule has 0 saturated carbocycles. The van der Waals surface area contributed by atoms with E-state index in [0.29, 0.717) is 0 Å². The molecule has 1 N–H and O–H groups in total. The van der Waals surface area contributed by atoms with E-state index in [1.807, 2.05) is 17.7 Å². The number of anilines is 1. The third-order valence-corrected chi connectivity index (χ3v) is 3.01. The Bertz CT molecular complexity index is 496. The lowest BCUT2D eigenvalue weighted by Gasteiger charge is -2.10. The van der Waals surface area contributed by atoms with Gasteiger partial charge in [-0.2, -0.15) is 0 Å². The van der Waals surface area contributed by atoms with Crippen molar-refractivity contribution in [3.05, 3.63) is 40.0 Å². The summed E-state index contributed by atoms with van der Waals surface area (Å²) in [6.07, 6.45) is 3.57. The van der Waals surface area contributed by atoms with Crippen molar-refractivity contribution in [2.45, 2.75) is 6.92 Å². The second-order valence-electron chi connectivity index (χ2n) is 3.25. The molecule has 16 heavy (non-hydrogen) atoms. The summed E-state index contributed by atoms with van der Waals surface area (Å²) < 4.78 is 15.8. The summed E-state index contributed by atoms with van der Waals surface area (Å²) in [6.45, 7) is 2.81. The van der Waals surface area contributed by atoms with Gasteiger partial charge >= 0.3 is 0 Å². The largest absolute Gasteiger partial charge is 0.356 e. The van der Waals surface area contributed by atoms with Crippen LogP contribution >= 0.6 is 22.6 Å². The summed E-state index contributed by atoms with van der Waals surface area (Å²) in [6, 6.07) is 4.71. The first kappa shape index (κ1) is 11.4. The van der Waals surface area contributed by atoms with Crippen LogP contribution in [0, 0.1) is 9.39 Å². The van der Waals surface area contributed by atoms with Gasteiger partial charge in [-0.25, -0.2) is 9.37 Å². The fourth-order valence-corrected chi connectivity index (χ4v) is 2.20. The van der Waals surface area contributed by atoms with Crippen molar-refractivity contribution in [2.75, 3.05) is 11.9 Å². The van der Waals surface area contributed by atoms with Crippen LogP contribution in [-0.2, 0) is 0 Å². The minimum absolute atomic E-state index is 0.224. The number of hydrogen-bond acceptors (Lipinski definition) is 2. The van der Waals surface area contributed by atoms with Gasteiger partial charge in [0.15, 0.2) is 0 Å². The molecule has 1 heterocycles. The standard InChI is InChI=1S/C11H11FIN3/c1-2-14-11-15-5-6-16(11)10-4-3-8(12)7-9(10)13/h3-7H,2H2,1H3,(H,14,15). The van der Waals surface area contributed by atoms with Gasteiger partial charge in [-0.15, -0.1) is 0 Å². The van der Waals surface area contributed by atoms with E-state index in [9.17, 15) is 4.39 Å². The van der Waals surface area contributed by atoms with Crippen LogP contribution in [0.15, 0.2) is 30.6 Å². The highest BCUT2D eigenvalue weighted by Gasteiger charge is 2.07. The first-order valence-electron chi connectivity index (χ1n) is 4.95. The Morgan fingerprint density at radius 1 is 1.50 bits per heavy atom. The molecule has 5 heteroatoms. The van der Waals surface area contributed by atoms with E-state index >= 15 is 0 Å². The van der Waals surface area contributed by atoms with E-state index in [4.69, 9.17) is 0 Å². The van der Waals surface area contributed by atoms with E-state index in [1.54, 1.807) is 12.3 Å². The predicted octanol–water partition coefficient (Wildman–Crippen LogP) is 3.05. The summed E-state index contributed by atoms with van der Waals surface area (Å²) in [7, 11) is 0. The van der Waals surface area contributed by atoms with Crippen molar-refractivity contribution in [1.82, 2.24) is 9.55 Å². The zero-order chi connectivity index (χ0) is 11.5. The van der Waals surface area contributed by atoms with Gasteiger partial charge in [-0.3, -0.25) is 4.57 Å². The third kappa shape index (κ3) is 2.18. The zero-order valence-corrected chi connectivity index (χ0v) is 10.9. The maximum atomic E-state index is 13.0. The molecule has 0 aliphatic carbocycles. The molecule has 0 aliphatic heterocycles. The monoisotopic (exact) mass is 331 g/mol. The Kier molecular flexibility index (Phi) is 3.42. The SMILES string of the molecule is CCNc1nccn1-c1ccc(F)cc1I. The Labute approximate surface area is 107 Å². The molecule has 0 atom stereocenters. The van der Waals surface area contributed by atoms with E-state index in [0.717, 1.165) is 21.8 Å². The number of aromatic nitrogens is 2. The average molecular weight is 331 g/mol. The molecule has 84 valence electrons. The van der Waals surface area contributed by atoms with Gasteiger partial charge in [0.05, 0.1) is 5.69 Å². The number of rotatable bonds is 3. The van der Waals surface area contributed by atoms with E-state index in [2.05, 4.69) is 32.9 Å². The van der Waals surface area contributed by atoms with E-state index < -0.39 is 0 Å². The highest BCUT2D eigenvalue weighted by Crippen LogP contribution is 2.21. The van der Waals surface area contributed by atoms with Crippen molar-refractivity contribution in [3.8, 4) is 5.69 Å². The molecular formula is C11H11FIN3. The zero-order valence-electron chi connectivity index (χ0n) is 8.74. The summed E-state index contributed by atoms with van der Waals surface area (Å²) in [5.41, 5.74) is 0.926. The molecule has 0 unspecified atom stereocenters. The molecule has 0 amide bonds. The Morgan fingerprint density at radius 2 is 2.31 bits per heavy atom. The van der Waals surface area contributed by atoms with Crippen LogP contribution in [0.4, 0.5) is 10.3 Å². The molecule has 0 saturated heterocycles. The summed E-state index contributed by atoms with van der Waals surface area (Å²) in [4.78, 5) is 4.20. The lowest BCUT2D eigenvalue weighted by Crippen LogP contribution is -2.06. The molecule has 0 aliphatic rings. The molecule has 2 rings (SSSR count).